The number of fused-ring (bicyclic) bond motifs is 1. The average Bonchev–Trinajstić information content (AvgIpc) is 2.54. The van der Waals surface area contributed by atoms with Gasteiger partial charge in [-0.15, -0.1) is 0 Å². The molecule has 0 radical (unpaired) electrons. The maximum absolute atomic E-state index is 14.5. The predicted octanol–water partition coefficient (Wildman–Crippen LogP) is 6.18. The number of unbranched alkanes of at least 4 members (excludes halogenated alkanes) is 2. The van der Waals surface area contributed by atoms with Gasteiger partial charge in [0, 0.05) is 5.56 Å². The molecule has 1 aliphatic rings. The molecule has 0 N–H and O–H groups in total. The highest BCUT2D eigenvalue weighted by Crippen LogP contribution is 2.32. The minimum atomic E-state index is -0.243. The maximum atomic E-state index is 14.5. The van der Waals surface area contributed by atoms with Gasteiger partial charge in [-0.25, -0.2) is 8.78 Å². The summed E-state index contributed by atoms with van der Waals surface area (Å²) in [6.07, 6.45) is 7.93. The van der Waals surface area contributed by atoms with Crippen LogP contribution in [0.25, 0.3) is 11.6 Å². The largest absolute Gasteiger partial charge is 0.207 e. The van der Waals surface area contributed by atoms with Gasteiger partial charge < -0.3 is 0 Å². The molecule has 0 spiro atoms. The van der Waals surface area contributed by atoms with Crippen molar-refractivity contribution in [1.82, 2.24) is 0 Å². The predicted molar refractivity (Wildman–Crippen MR) is 92.2 cm³/mol. The van der Waals surface area contributed by atoms with Crippen LogP contribution in [-0.4, -0.2) is 0 Å². The normalized spacial score (nSPS) is 13.6. The monoisotopic (exact) mass is 312 g/mol. The molecule has 3 rings (SSSR count). The van der Waals surface area contributed by atoms with Crippen molar-refractivity contribution in [2.45, 2.75) is 45.4 Å². The first-order chi connectivity index (χ1) is 11.2. The van der Waals surface area contributed by atoms with Crippen LogP contribution in [0.2, 0.25) is 0 Å². The number of aryl methyl sites for hydroxylation is 2. The Bertz CT molecular complexity index is 729. The fraction of sp³-hybridized carbons (Fsp3) is 0.333. The van der Waals surface area contributed by atoms with E-state index in [0.717, 1.165) is 47.9 Å². The van der Waals surface area contributed by atoms with E-state index in [1.54, 1.807) is 6.07 Å². The molecule has 0 saturated heterocycles. The number of rotatable bonds is 5. The Hall–Kier alpha value is -1.96. The molecule has 0 heterocycles. The first-order valence-corrected chi connectivity index (χ1v) is 8.45. The molecule has 2 heteroatoms. The Morgan fingerprint density at radius 3 is 2.61 bits per heavy atom. The standard InChI is InChI=1S/C21H22F2/c1-2-3-4-5-15-6-11-20(21(23)12-15)17-8-7-16-9-10-19(22)14-18(16)13-17/h6,9-14H,2-5,7-8H2,1H3. The summed E-state index contributed by atoms with van der Waals surface area (Å²) in [6, 6.07) is 10.4. The highest BCUT2D eigenvalue weighted by Gasteiger charge is 2.15. The van der Waals surface area contributed by atoms with Crippen LogP contribution < -0.4 is 0 Å². The lowest BCUT2D eigenvalue weighted by Crippen LogP contribution is -2.01. The van der Waals surface area contributed by atoms with Crippen molar-refractivity contribution in [3.63, 3.8) is 0 Å². The lowest BCUT2D eigenvalue weighted by Gasteiger charge is -2.17. The van der Waals surface area contributed by atoms with Gasteiger partial charge >= 0.3 is 0 Å². The van der Waals surface area contributed by atoms with Crippen molar-refractivity contribution in [2.24, 2.45) is 0 Å². The van der Waals surface area contributed by atoms with Gasteiger partial charge in [-0.1, -0.05) is 44.0 Å². The van der Waals surface area contributed by atoms with Gasteiger partial charge in [0.05, 0.1) is 0 Å². The van der Waals surface area contributed by atoms with E-state index in [1.165, 1.54) is 25.0 Å². The van der Waals surface area contributed by atoms with Crippen molar-refractivity contribution in [3.05, 3.63) is 70.3 Å². The Kier molecular flexibility index (Phi) is 4.90. The zero-order chi connectivity index (χ0) is 16.2. The van der Waals surface area contributed by atoms with Crippen LogP contribution in [0.5, 0.6) is 0 Å². The van der Waals surface area contributed by atoms with Gasteiger partial charge in [0.15, 0.2) is 0 Å². The van der Waals surface area contributed by atoms with Gasteiger partial charge in [-0.05, 0) is 66.1 Å². The molecule has 0 saturated carbocycles. The topological polar surface area (TPSA) is 0 Å². The maximum Gasteiger partial charge on any atom is 0.130 e. The molecule has 0 aromatic heterocycles. The van der Waals surface area contributed by atoms with E-state index in [4.69, 9.17) is 0 Å². The summed E-state index contributed by atoms with van der Waals surface area (Å²) in [5.41, 5.74) is 4.67. The van der Waals surface area contributed by atoms with Crippen LogP contribution in [-0.2, 0) is 12.8 Å². The van der Waals surface area contributed by atoms with Crippen molar-refractivity contribution in [1.29, 1.82) is 0 Å². The minimum Gasteiger partial charge on any atom is -0.207 e. The van der Waals surface area contributed by atoms with Gasteiger partial charge in [0.2, 0.25) is 0 Å². The molecule has 23 heavy (non-hydrogen) atoms. The first-order valence-electron chi connectivity index (χ1n) is 8.45. The Morgan fingerprint density at radius 1 is 0.957 bits per heavy atom. The smallest absolute Gasteiger partial charge is 0.130 e. The molecule has 1 aliphatic carbocycles. The zero-order valence-electron chi connectivity index (χ0n) is 13.5. The summed E-state index contributed by atoms with van der Waals surface area (Å²) in [4.78, 5) is 0. The van der Waals surface area contributed by atoms with E-state index in [2.05, 4.69) is 6.92 Å². The van der Waals surface area contributed by atoms with Crippen LogP contribution >= 0.6 is 0 Å². The van der Waals surface area contributed by atoms with E-state index in [0.29, 0.717) is 5.56 Å². The molecular formula is C21H22F2. The van der Waals surface area contributed by atoms with Gasteiger partial charge in [-0.2, -0.15) is 0 Å². The molecule has 0 bridgehead atoms. The Labute approximate surface area is 136 Å². The van der Waals surface area contributed by atoms with Crippen LogP contribution in [0.15, 0.2) is 36.4 Å². The molecule has 2 aromatic carbocycles. The van der Waals surface area contributed by atoms with E-state index >= 15 is 0 Å². The summed E-state index contributed by atoms with van der Waals surface area (Å²) in [5.74, 6) is -0.405. The zero-order valence-corrected chi connectivity index (χ0v) is 13.5. The van der Waals surface area contributed by atoms with Crippen molar-refractivity contribution in [3.8, 4) is 0 Å². The third-order valence-corrected chi connectivity index (χ3v) is 4.55. The quantitative estimate of drug-likeness (QED) is 0.578. The molecule has 120 valence electrons. The molecule has 0 aliphatic heterocycles. The first kappa shape index (κ1) is 15.9. The molecule has 0 unspecified atom stereocenters. The number of halogens is 2. The highest BCUT2D eigenvalue weighted by atomic mass is 19.1. The minimum absolute atomic E-state index is 0.162. The second-order valence-electron chi connectivity index (χ2n) is 6.28. The number of hydrogen-bond acceptors (Lipinski definition) is 0. The van der Waals surface area contributed by atoms with E-state index in [1.807, 2.05) is 24.3 Å². The number of hydrogen-bond donors (Lipinski definition) is 0. The van der Waals surface area contributed by atoms with E-state index in [9.17, 15) is 8.78 Å². The van der Waals surface area contributed by atoms with Crippen LogP contribution in [0, 0.1) is 11.6 Å². The second-order valence-corrected chi connectivity index (χ2v) is 6.28. The lowest BCUT2D eigenvalue weighted by atomic mass is 9.88. The summed E-state index contributed by atoms with van der Waals surface area (Å²) >= 11 is 0. The number of benzene rings is 2. The third-order valence-electron chi connectivity index (χ3n) is 4.55. The van der Waals surface area contributed by atoms with Crippen molar-refractivity contribution >= 4 is 11.6 Å². The summed E-state index contributed by atoms with van der Waals surface area (Å²) in [7, 11) is 0. The Morgan fingerprint density at radius 2 is 1.83 bits per heavy atom. The third kappa shape index (κ3) is 3.69. The Balaban J connectivity index is 1.84. The van der Waals surface area contributed by atoms with Crippen LogP contribution in [0.3, 0.4) is 0 Å². The molecule has 0 nitrogen and oxygen atoms in total. The molecule has 0 amide bonds. The van der Waals surface area contributed by atoms with Gasteiger partial charge in [0.25, 0.3) is 0 Å². The average molecular weight is 312 g/mol. The van der Waals surface area contributed by atoms with Crippen LogP contribution in [0.4, 0.5) is 8.78 Å². The second kappa shape index (κ2) is 7.08. The fourth-order valence-corrected chi connectivity index (χ4v) is 3.22. The van der Waals surface area contributed by atoms with Crippen LogP contribution in [0.1, 0.15) is 54.9 Å². The molecular weight excluding hydrogens is 290 g/mol. The van der Waals surface area contributed by atoms with Gasteiger partial charge in [-0.3, -0.25) is 0 Å². The summed E-state index contributed by atoms with van der Waals surface area (Å²) in [6.45, 7) is 2.17. The summed E-state index contributed by atoms with van der Waals surface area (Å²) in [5, 5.41) is 0. The van der Waals surface area contributed by atoms with Crippen molar-refractivity contribution in [2.75, 3.05) is 0 Å². The molecule has 2 aromatic rings. The van der Waals surface area contributed by atoms with Gasteiger partial charge in [0.1, 0.15) is 11.6 Å². The number of allylic oxidation sites excluding steroid dienone is 1. The fourth-order valence-electron chi connectivity index (χ4n) is 3.22. The molecule has 0 fully saturated rings. The van der Waals surface area contributed by atoms with E-state index in [-0.39, 0.29) is 11.6 Å². The lowest BCUT2D eigenvalue weighted by molar-refractivity contribution is 0.618. The molecule has 0 atom stereocenters. The summed E-state index contributed by atoms with van der Waals surface area (Å²) < 4.78 is 27.9. The SMILES string of the molecule is CCCCCc1ccc(C2=Cc3cc(F)ccc3CC2)c(F)c1. The highest BCUT2D eigenvalue weighted by molar-refractivity contribution is 5.84. The van der Waals surface area contributed by atoms with E-state index < -0.39 is 0 Å². The van der Waals surface area contributed by atoms with Crippen molar-refractivity contribution < 1.29 is 8.78 Å².